The fourth-order valence-electron chi connectivity index (χ4n) is 1.60. The first-order valence-corrected chi connectivity index (χ1v) is 4.98. The van der Waals surface area contributed by atoms with Crippen molar-refractivity contribution in [1.82, 2.24) is 4.90 Å². The van der Waals surface area contributed by atoms with Gasteiger partial charge in [0.2, 0.25) is 0 Å². The van der Waals surface area contributed by atoms with Crippen LogP contribution < -0.4 is 5.73 Å². The molecule has 0 spiro atoms. The summed E-state index contributed by atoms with van der Waals surface area (Å²) in [5, 5.41) is 9.01. The van der Waals surface area contributed by atoms with Gasteiger partial charge in [0, 0.05) is 19.6 Å². The number of morpholine rings is 1. The Kier molecular flexibility index (Phi) is 4.16. The summed E-state index contributed by atoms with van der Waals surface area (Å²) in [6.07, 6.45) is -0.0594. The molecule has 0 saturated carbocycles. The van der Waals surface area contributed by atoms with Gasteiger partial charge in [0.15, 0.2) is 5.96 Å². The average Bonchev–Trinajstić information content (AvgIpc) is 2.17. The number of hydrogen-bond acceptors (Lipinski definition) is 3. The van der Waals surface area contributed by atoms with Crippen molar-refractivity contribution in [2.75, 3.05) is 26.2 Å². The fourth-order valence-corrected chi connectivity index (χ4v) is 1.60. The summed E-state index contributed by atoms with van der Waals surface area (Å²) >= 11 is 0. The highest BCUT2D eigenvalue weighted by Crippen LogP contribution is 2.10. The second-order valence-electron chi connectivity index (χ2n) is 3.49. The van der Waals surface area contributed by atoms with Crippen LogP contribution in [-0.4, -0.2) is 54.4 Å². The van der Waals surface area contributed by atoms with E-state index in [0.717, 1.165) is 6.54 Å². The van der Waals surface area contributed by atoms with E-state index in [-0.39, 0.29) is 18.8 Å². The van der Waals surface area contributed by atoms with Crippen LogP contribution in [0.2, 0.25) is 0 Å². The van der Waals surface area contributed by atoms with Gasteiger partial charge in [-0.15, -0.1) is 0 Å². The third-order valence-corrected chi connectivity index (χ3v) is 2.17. The maximum atomic E-state index is 9.01. The summed E-state index contributed by atoms with van der Waals surface area (Å²) in [5.74, 6) is 0.543. The van der Waals surface area contributed by atoms with Gasteiger partial charge in [-0.05, 0) is 13.8 Å². The molecule has 5 heteroatoms. The molecule has 2 atom stereocenters. The molecule has 3 N–H and O–H groups in total. The van der Waals surface area contributed by atoms with Crippen molar-refractivity contribution >= 4 is 5.96 Å². The minimum Gasteiger partial charge on any atom is -0.394 e. The van der Waals surface area contributed by atoms with E-state index in [2.05, 4.69) is 4.99 Å². The number of aliphatic hydroxyl groups excluding tert-OH is 1. The van der Waals surface area contributed by atoms with E-state index < -0.39 is 0 Å². The number of nitrogens with zero attached hydrogens (tertiary/aromatic N) is 2. The third-order valence-electron chi connectivity index (χ3n) is 2.17. The molecule has 0 aromatic rings. The molecular formula is C9H19N3O2. The number of nitrogens with two attached hydrogens (primary N) is 1. The van der Waals surface area contributed by atoms with E-state index >= 15 is 0 Å². The minimum absolute atomic E-state index is 0.0280. The number of aliphatic imine (C=N–C) groups is 1. The van der Waals surface area contributed by atoms with Gasteiger partial charge < -0.3 is 20.5 Å². The molecule has 0 aromatic heterocycles. The van der Waals surface area contributed by atoms with Gasteiger partial charge in [-0.3, -0.25) is 4.99 Å². The molecule has 5 nitrogen and oxygen atoms in total. The first-order chi connectivity index (χ1) is 6.67. The number of rotatable bonds is 2. The van der Waals surface area contributed by atoms with Crippen LogP contribution in [0.1, 0.15) is 13.8 Å². The fraction of sp³-hybridized carbons (Fsp3) is 0.889. The number of ether oxygens (including phenoxy) is 1. The van der Waals surface area contributed by atoms with Crippen molar-refractivity contribution in [1.29, 1.82) is 0 Å². The number of guanidine groups is 1. The van der Waals surface area contributed by atoms with Crippen LogP contribution in [0.5, 0.6) is 0 Å². The quantitative estimate of drug-likeness (QED) is 0.462. The molecule has 0 aromatic carbocycles. The zero-order valence-corrected chi connectivity index (χ0v) is 8.81. The van der Waals surface area contributed by atoms with Crippen molar-refractivity contribution < 1.29 is 9.84 Å². The summed E-state index contributed by atoms with van der Waals surface area (Å²) in [4.78, 5) is 6.09. The van der Waals surface area contributed by atoms with E-state index in [9.17, 15) is 0 Å². The summed E-state index contributed by atoms with van der Waals surface area (Å²) in [6, 6.07) is 0. The van der Waals surface area contributed by atoms with Gasteiger partial charge >= 0.3 is 0 Å². The number of aliphatic hydroxyl groups is 1. The maximum absolute atomic E-state index is 9.01. The van der Waals surface area contributed by atoms with Crippen LogP contribution in [0.25, 0.3) is 0 Å². The van der Waals surface area contributed by atoms with Gasteiger partial charge in [0.25, 0.3) is 0 Å². The molecular weight excluding hydrogens is 182 g/mol. The first kappa shape index (κ1) is 11.3. The van der Waals surface area contributed by atoms with Gasteiger partial charge in [-0.1, -0.05) is 0 Å². The topological polar surface area (TPSA) is 71.1 Å². The lowest BCUT2D eigenvalue weighted by atomic mass is 10.2. The summed E-state index contributed by atoms with van der Waals surface area (Å²) < 4.78 is 5.49. The van der Waals surface area contributed by atoms with Crippen molar-refractivity contribution in [3.63, 3.8) is 0 Å². The monoisotopic (exact) mass is 201 g/mol. The van der Waals surface area contributed by atoms with Crippen LogP contribution >= 0.6 is 0 Å². The first-order valence-electron chi connectivity index (χ1n) is 4.98. The minimum atomic E-state index is -0.149. The highest BCUT2D eigenvalue weighted by atomic mass is 16.5. The lowest BCUT2D eigenvalue weighted by molar-refractivity contribution is -0.0787. The Bertz CT molecular complexity index is 208. The van der Waals surface area contributed by atoms with E-state index in [4.69, 9.17) is 15.6 Å². The molecule has 0 bridgehead atoms. The lowest BCUT2D eigenvalue weighted by Gasteiger charge is -2.36. The van der Waals surface area contributed by atoms with Crippen molar-refractivity contribution in [2.45, 2.75) is 26.1 Å². The molecule has 1 aliphatic heterocycles. The van der Waals surface area contributed by atoms with Crippen LogP contribution in [0.4, 0.5) is 0 Å². The molecule has 1 rings (SSSR count). The van der Waals surface area contributed by atoms with E-state index in [1.165, 1.54) is 0 Å². The van der Waals surface area contributed by atoms with Crippen LogP contribution in [0, 0.1) is 0 Å². The maximum Gasteiger partial charge on any atom is 0.191 e. The molecule has 14 heavy (non-hydrogen) atoms. The average molecular weight is 201 g/mol. The molecule has 1 heterocycles. The SMILES string of the molecule is CCN=C(N)N1CC(C)OC(CO)C1. The van der Waals surface area contributed by atoms with Gasteiger partial charge in [-0.2, -0.15) is 0 Å². The van der Waals surface area contributed by atoms with Gasteiger partial charge in [0.05, 0.1) is 18.8 Å². The molecule has 1 aliphatic rings. The van der Waals surface area contributed by atoms with Crippen molar-refractivity contribution in [3.8, 4) is 0 Å². The van der Waals surface area contributed by atoms with Gasteiger partial charge in [-0.25, -0.2) is 0 Å². The smallest absolute Gasteiger partial charge is 0.191 e. The standard InChI is InChI=1S/C9H19N3O2/c1-3-11-9(10)12-4-7(2)14-8(5-12)6-13/h7-8,13H,3-6H2,1-2H3,(H2,10,11). The molecule has 82 valence electrons. The molecule has 0 amide bonds. The van der Waals surface area contributed by atoms with Crippen LogP contribution in [-0.2, 0) is 4.74 Å². The van der Waals surface area contributed by atoms with Crippen molar-refractivity contribution in [3.05, 3.63) is 0 Å². The molecule has 0 radical (unpaired) electrons. The van der Waals surface area contributed by atoms with Gasteiger partial charge in [0.1, 0.15) is 0 Å². The Labute approximate surface area is 84.6 Å². The molecule has 1 saturated heterocycles. The molecule has 2 unspecified atom stereocenters. The Morgan fingerprint density at radius 1 is 1.64 bits per heavy atom. The summed E-state index contributed by atoms with van der Waals surface area (Å²) in [6.45, 7) is 5.98. The highest BCUT2D eigenvalue weighted by Gasteiger charge is 2.25. The second-order valence-corrected chi connectivity index (χ2v) is 3.49. The van der Waals surface area contributed by atoms with Crippen LogP contribution in [0.3, 0.4) is 0 Å². The van der Waals surface area contributed by atoms with Crippen molar-refractivity contribution in [2.24, 2.45) is 10.7 Å². The predicted octanol–water partition coefficient (Wildman–Crippen LogP) is -0.597. The largest absolute Gasteiger partial charge is 0.394 e. The third kappa shape index (κ3) is 2.85. The highest BCUT2D eigenvalue weighted by molar-refractivity contribution is 5.78. The van der Waals surface area contributed by atoms with Crippen LogP contribution in [0.15, 0.2) is 4.99 Å². The lowest BCUT2D eigenvalue weighted by Crippen LogP contribution is -2.52. The normalized spacial score (nSPS) is 29.4. The number of hydrogen-bond donors (Lipinski definition) is 2. The Morgan fingerprint density at radius 3 is 2.93 bits per heavy atom. The Balaban J connectivity index is 2.56. The van der Waals surface area contributed by atoms with E-state index in [1.807, 2.05) is 18.7 Å². The predicted molar refractivity (Wildman–Crippen MR) is 55.2 cm³/mol. The Hall–Kier alpha value is -0.810. The molecule has 0 aliphatic carbocycles. The molecule has 1 fully saturated rings. The zero-order valence-electron chi connectivity index (χ0n) is 8.81. The summed E-state index contributed by atoms with van der Waals surface area (Å²) in [5.41, 5.74) is 5.78. The summed E-state index contributed by atoms with van der Waals surface area (Å²) in [7, 11) is 0. The Morgan fingerprint density at radius 2 is 2.36 bits per heavy atom. The van der Waals surface area contributed by atoms with E-state index in [0.29, 0.717) is 19.0 Å². The zero-order chi connectivity index (χ0) is 10.6. The second kappa shape index (κ2) is 5.17. The van der Waals surface area contributed by atoms with E-state index in [1.54, 1.807) is 0 Å².